The zero-order valence-corrected chi connectivity index (χ0v) is 12.8. The molecule has 0 bridgehead atoms. The molecule has 1 aromatic carbocycles. The van der Waals surface area contributed by atoms with E-state index >= 15 is 0 Å². The molecule has 7 nitrogen and oxygen atoms in total. The van der Waals surface area contributed by atoms with Gasteiger partial charge >= 0.3 is 6.03 Å². The van der Waals surface area contributed by atoms with Crippen LogP contribution in [-0.4, -0.2) is 41.4 Å². The molecule has 23 heavy (non-hydrogen) atoms. The lowest BCUT2D eigenvalue weighted by atomic mass is 10.1. The Kier molecular flexibility index (Phi) is 3.49. The number of urea groups is 1. The Labute approximate surface area is 133 Å². The Morgan fingerprint density at radius 3 is 2.78 bits per heavy atom. The third-order valence-electron chi connectivity index (χ3n) is 4.55. The normalized spacial score (nSPS) is 20.1. The molecule has 7 heteroatoms. The van der Waals surface area contributed by atoms with Crippen LogP contribution in [0.5, 0.6) is 0 Å². The van der Waals surface area contributed by atoms with Crippen molar-refractivity contribution < 1.29 is 9.59 Å². The van der Waals surface area contributed by atoms with Gasteiger partial charge in [-0.05, 0) is 44.1 Å². The molecule has 0 unspecified atom stereocenters. The number of nitrogens with zero attached hydrogens (tertiary/aromatic N) is 3. The van der Waals surface area contributed by atoms with Crippen LogP contribution in [-0.2, 0) is 4.79 Å². The summed E-state index contributed by atoms with van der Waals surface area (Å²) in [7, 11) is 0. The summed E-state index contributed by atoms with van der Waals surface area (Å²) in [5, 5.41) is 11.4. The minimum absolute atomic E-state index is 0.217. The Morgan fingerprint density at radius 2 is 2.00 bits per heavy atom. The number of carbonyl (C=O) groups is 2. The second kappa shape index (κ2) is 5.66. The molecule has 0 saturated carbocycles. The number of hydrogen-bond donors (Lipinski definition) is 2. The summed E-state index contributed by atoms with van der Waals surface area (Å²) in [6.45, 7) is 2.46. The second-order valence-electron chi connectivity index (χ2n) is 6.09. The molecule has 0 spiro atoms. The number of nitrogens with one attached hydrogen (secondary N) is 2. The van der Waals surface area contributed by atoms with Crippen molar-refractivity contribution in [2.45, 2.75) is 25.3 Å². The maximum Gasteiger partial charge on any atom is 0.328 e. The maximum absolute atomic E-state index is 12.0. The summed E-state index contributed by atoms with van der Waals surface area (Å²) < 4.78 is 2.05. The van der Waals surface area contributed by atoms with E-state index in [0.29, 0.717) is 19.0 Å². The van der Waals surface area contributed by atoms with Crippen LogP contribution in [0, 0.1) is 0 Å². The molecule has 2 N–H and O–H groups in total. The van der Waals surface area contributed by atoms with Crippen LogP contribution in [0.15, 0.2) is 24.4 Å². The highest BCUT2D eigenvalue weighted by Crippen LogP contribution is 2.26. The first kappa shape index (κ1) is 14.2. The molecule has 2 aliphatic heterocycles. The Hall–Kier alpha value is -2.41. The fourth-order valence-corrected chi connectivity index (χ4v) is 3.27. The lowest BCUT2D eigenvalue weighted by Crippen LogP contribution is -2.49. The zero-order valence-electron chi connectivity index (χ0n) is 12.8. The standard InChI is InChI=1S/C16H19N5O2/c22-15-5-8-20(16(23)18-15)13-1-2-14-11(9-13)10-21(19-14)12-3-6-17-7-4-12/h1-2,9-10,12,17H,3-8H2,(H,18,22,23). The number of amides is 3. The summed E-state index contributed by atoms with van der Waals surface area (Å²) in [5.74, 6) is -0.217. The van der Waals surface area contributed by atoms with E-state index in [4.69, 9.17) is 0 Å². The molecule has 0 aliphatic carbocycles. The number of rotatable bonds is 2. The Morgan fingerprint density at radius 1 is 1.17 bits per heavy atom. The number of aromatic nitrogens is 2. The predicted molar refractivity (Wildman–Crippen MR) is 86.4 cm³/mol. The lowest BCUT2D eigenvalue weighted by molar-refractivity contribution is -0.120. The van der Waals surface area contributed by atoms with Gasteiger partial charge in [0.05, 0.1) is 11.6 Å². The SMILES string of the molecule is O=C1CCN(c2ccc3nn(C4CCNCC4)cc3c2)C(=O)N1. The predicted octanol–water partition coefficient (Wildman–Crippen LogP) is 1.41. The molecule has 3 amide bonds. The second-order valence-corrected chi connectivity index (χ2v) is 6.09. The van der Waals surface area contributed by atoms with Gasteiger partial charge in [0.2, 0.25) is 5.91 Å². The summed E-state index contributed by atoms with van der Waals surface area (Å²) in [4.78, 5) is 24.8. The molecular weight excluding hydrogens is 294 g/mol. The summed E-state index contributed by atoms with van der Waals surface area (Å²) in [6.07, 6.45) is 4.55. The summed E-state index contributed by atoms with van der Waals surface area (Å²) in [6, 6.07) is 5.87. The van der Waals surface area contributed by atoms with Crippen LogP contribution in [0.1, 0.15) is 25.3 Å². The van der Waals surface area contributed by atoms with Gasteiger partial charge in [-0.2, -0.15) is 5.10 Å². The minimum Gasteiger partial charge on any atom is -0.317 e. The van der Waals surface area contributed by atoms with Gasteiger partial charge in [-0.1, -0.05) is 0 Å². The van der Waals surface area contributed by atoms with E-state index in [9.17, 15) is 9.59 Å². The van der Waals surface area contributed by atoms with Crippen LogP contribution in [0.25, 0.3) is 10.9 Å². The molecule has 3 heterocycles. The fourth-order valence-electron chi connectivity index (χ4n) is 3.27. The molecule has 0 radical (unpaired) electrons. The lowest BCUT2D eigenvalue weighted by Gasteiger charge is -2.26. The van der Waals surface area contributed by atoms with E-state index in [1.54, 1.807) is 4.90 Å². The molecular formula is C16H19N5O2. The highest BCUT2D eigenvalue weighted by Gasteiger charge is 2.24. The number of fused-ring (bicyclic) bond motifs is 1. The number of piperidine rings is 1. The smallest absolute Gasteiger partial charge is 0.317 e. The molecule has 2 aliphatic rings. The van der Waals surface area contributed by atoms with Gasteiger partial charge in [-0.25, -0.2) is 4.79 Å². The van der Waals surface area contributed by atoms with Crippen molar-refractivity contribution in [3.8, 4) is 0 Å². The van der Waals surface area contributed by atoms with Gasteiger partial charge in [0.15, 0.2) is 0 Å². The molecule has 2 aromatic rings. The van der Waals surface area contributed by atoms with E-state index in [-0.39, 0.29) is 11.9 Å². The number of imide groups is 1. The molecule has 4 rings (SSSR count). The van der Waals surface area contributed by atoms with Crippen molar-refractivity contribution in [1.82, 2.24) is 20.4 Å². The molecule has 2 saturated heterocycles. The van der Waals surface area contributed by atoms with E-state index in [1.807, 2.05) is 18.2 Å². The van der Waals surface area contributed by atoms with Gasteiger partial charge in [0.1, 0.15) is 0 Å². The van der Waals surface area contributed by atoms with E-state index in [0.717, 1.165) is 42.5 Å². The molecule has 0 atom stereocenters. The number of carbonyl (C=O) groups excluding carboxylic acids is 2. The fraction of sp³-hybridized carbons (Fsp3) is 0.438. The average Bonchev–Trinajstić information content (AvgIpc) is 2.99. The van der Waals surface area contributed by atoms with Gasteiger partial charge in [-0.15, -0.1) is 0 Å². The van der Waals surface area contributed by atoms with Crippen molar-refractivity contribution in [3.63, 3.8) is 0 Å². The Bertz CT molecular complexity index is 763. The molecule has 120 valence electrons. The molecule has 1 aromatic heterocycles. The first-order valence-electron chi connectivity index (χ1n) is 8.02. The van der Waals surface area contributed by atoms with E-state index in [2.05, 4.69) is 26.6 Å². The van der Waals surface area contributed by atoms with Gasteiger partial charge in [0, 0.05) is 30.2 Å². The van der Waals surface area contributed by atoms with Crippen molar-refractivity contribution in [1.29, 1.82) is 0 Å². The maximum atomic E-state index is 12.0. The third kappa shape index (κ3) is 2.68. The van der Waals surface area contributed by atoms with Crippen LogP contribution in [0.4, 0.5) is 10.5 Å². The van der Waals surface area contributed by atoms with Crippen LogP contribution >= 0.6 is 0 Å². The van der Waals surface area contributed by atoms with Gasteiger partial charge in [0.25, 0.3) is 0 Å². The minimum atomic E-state index is -0.355. The zero-order chi connectivity index (χ0) is 15.8. The largest absolute Gasteiger partial charge is 0.328 e. The van der Waals surface area contributed by atoms with Crippen molar-refractivity contribution >= 4 is 28.5 Å². The Balaban J connectivity index is 1.62. The average molecular weight is 313 g/mol. The van der Waals surface area contributed by atoms with Gasteiger partial charge < -0.3 is 5.32 Å². The number of benzene rings is 1. The van der Waals surface area contributed by atoms with Crippen LogP contribution < -0.4 is 15.5 Å². The van der Waals surface area contributed by atoms with Crippen molar-refractivity contribution in [2.24, 2.45) is 0 Å². The van der Waals surface area contributed by atoms with Crippen LogP contribution in [0.3, 0.4) is 0 Å². The molecule has 2 fully saturated rings. The monoisotopic (exact) mass is 313 g/mol. The third-order valence-corrected chi connectivity index (χ3v) is 4.55. The first-order chi connectivity index (χ1) is 11.2. The number of anilines is 1. The number of hydrogen-bond acceptors (Lipinski definition) is 4. The summed E-state index contributed by atoms with van der Waals surface area (Å²) >= 11 is 0. The van der Waals surface area contributed by atoms with Crippen LogP contribution in [0.2, 0.25) is 0 Å². The van der Waals surface area contributed by atoms with Crippen molar-refractivity contribution in [2.75, 3.05) is 24.5 Å². The summed E-state index contributed by atoms with van der Waals surface area (Å²) in [5.41, 5.74) is 1.73. The first-order valence-corrected chi connectivity index (χ1v) is 8.02. The van der Waals surface area contributed by atoms with Gasteiger partial charge in [-0.3, -0.25) is 19.7 Å². The van der Waals surface area contributed by atoms with E-state index in [1.165, 1.54) is 0 Å². The van der Waals surface area contributed by atoms with Crippen molar-refractivity contribution in [3.05, 3.63) is 24.4 Å². The highest BCUT2D eigenvalue weighted by atomic mass is 16.2. The highest BCUT2D eigenvalue weighted by molar-refractivity contribution is 6.06. The quantitative estimate of drug-likeness (QED) is 0.878. The topological polar surface area (TPSA) is 79.3 Å². The van der Waals surface area contributed by atoms with E-state index < -0.39 is 0 Å².